The van der Waals surface area contributed by atoms with Crippen molar-refractivity contribution in [2.45, 2.75) is 32.1 Å². The van der Waals surface area contributed by atoms with Crippen LogP contribution in [0.25, 0.3) is 0 Å². The van der Waals surface area contributed by atoms with Crippen LogP contribution in [0.1, 0.15) is 26.2 Å². The molecular weight excluding hydrogens is 188 g/mol. The number of hydrogen-bond acceptors (Lipinski definition) is 2. The van der Waals surface area contributed by atoms with E-state index in [4.69, 9.17) is 5.73 Å². The summed E-state index contributed by atoms with van der Waals surface area (Å²) < 4.78 is 26.3. The highest BCUT2D eigenvalue weighted by atomic mass is 19.3. The van der Waals surface area contributed by atoms with Crippen LogP contribution in [-0.2, 0) is 4.79 Å². The molecule has 14 heavy (non-hydrogen) atoms. The first kappa shape index (κ1) is 13.2. The maximum absolute atomic E-state index is 13.1. The fourth-order valence-corrected chi connectivity index (χ4v) is 0.875. The maximum atomic E-state index is 13.1. The molecule has 0 aromatic heterocycles. The number of rotatable bonds is 7. The first-order valence-corrected chi connectivity index (χ1v) is 4.60. The highest BCUT2D eigenvalue weighted by molar-refractivity contribution is 5.95. The molecule has 0 heterocycles. The van der Waals surface area contributed by atoms with Crippen molar-refractivity contribution in [3.63, 3.8) is 0 Å². The van der Waals surface area contributed by atoms with Gasteiger partial charge in [0.15, 0.2) is 0 Å². The Morgan fingerprint density at radius 3 is 2.57 bits per heavy atom. The Balaban J connectivity index is 4.15. The summed E-state index contributed by atoms with van der Waals surface area (Å²) in [6.07, 6.45) is 1.93. The Hall–Kier alpha value is -0.770. The summed E-state index contributed by atoms with van der Waals surface area (Å²) in [4.78, 5) is 11.0. The molecule has 0 aliphatic carbocycles. The largest absolute Gasteiger partial charge is 0.330 e. The molecule has 0 amide bonds. The van der Waals surface area contributed by atoms with Gasteiger partial charge in [-0.15, -0.1) is 0 Å². The van der Waals surface area contributed by atoms with Crippen LogP contribution in [0.3, 0.4) is 0 Å². The van der Waals surface area contributed by atoms with E-state index in [1.165, 1.54) is 0 Å². The lowest BCUT2D eigenvalue weighted by Gasteiger charge is -2.16. The van der Waals surface area contributed by atoms with Crippen LogP contribution in [0.4, 0.5) is 8.78 Å². The van der Waals surface area contributed by atoms with Gasteiger partial charge in [-0.2, -0.15) is 8.78 Å². The van der Waals surface area contributed by atoms with Gasteiger partial charge in [0.2, 0.25) is 5.78 Å². The fourth-order valence-electron chi connectivity index (χ4n) is 0.875. The predicted octanol–water partition coefficient (Wildman–Crippen LogP) is 2.10. The third-order valence-electron chi connectivity index (χ3n) is 1.92. The van der Waals surface area contributed by atoms with Crippen molar-refractivity contribution in [3.8, 4) is 0 Å². The molecule has 0 bridgehead atoms. The number of nitrogens with two attached hydrogens (primary N) is 1. The number of Topliss-reactive ketones (excluding diaryl/α,β-unsaturated/α-hetero) is 1. The Kier molecular flexibility index (Phi) is 5.53. The van der Waals surface area contributed by atoms with Gasteiger partial charge in [0.05, 0.1) is 0 Å². The number of hydrogen-bond donors (Lipinski definition) is 1. The van der Waals surface area contributed by atoms with Crippen LogP contribution in [0.15, 0.2) is 12.2 Å². The smallest absolute Gasteiger partial charge is 0.326 e. The molecule has 0 spiro atoms. The van der Waals surface area contributed by atoms with E-state index >= 15 is 0 Å². The van der Waals surface area contributed by atoms with Crippen molar-refractivity contribution in [1.82, 2.24) is 0 Å². The summed E-state index contributed by atoms with van der Waals surface area (Å²) in [7, 11) is 0. The second-order valence-corrected chi connectivity index (χ2v) is 3.03. The predicted molar refractivity (Wildman–Crippen MR) is 52.0 cm³/mol. The van der Waals surface area contributed by atoms with Crippen molar-refractivity contribution in [2.75, 3.05) is 6.54 Å². The van der Waals surface area contributed by atoms with E-state index in [2.05, 4.69) is 6.58 Å². The van der Waals surface area contributed by atoms with Crippen LogP contribution < -0.4 is 5.73 Å². The van der Waals surface area contributed by atoms with Crippen LogP contribution in [-0.4, -0.2) is 18.3 Å². The van der Waals surface area contributed by atoms with Gasteiger partial charge >= 0.3 is 5.92 Å². The van der Waals surface area contributed by atoms with E-state index in [1.54, 1.807) is 6.92 Å². The van der Waals surface area contributed by atoms with E-state index in [9.17, 15) is 13.6 Å². The van der Waals surface area contributed by atoms with Crippen LogP contribution >= 0.6 is 0 Å². The number of ketones is 1. The molecule has 0 rings (SSSR count). The van der Waals surface area contributed by atoms with Gasteiger partial charge in [-0.25, -0.2) is 0 Å². The SMILES string of the molecule is C=C(CC)C(F)(F)C(=O)[CH]CCCN. The lowest BCUT2D eigenvalue weighted by molar-refractivity contribution is -0.134. The highest BCUT2D eigenvalue weighted by Crippen LogP contribution is 2.27. The number of halogens is 2. The van der Waals surface area contributed by atoms with E-state index in [1.807, 2.05) is 0 Å². The normalized spacial score (nSPS) is 11.4. The number of unbranched alkanes of at least 4 members (excludes halogenated alkanes) is 1. The molecule has 4 heteroatoms. The summed E-state index contributed by atoms with van der Waals surface area (Å²) in [5, 5.41) is 0. The summed E-state index contributed by atoms with van der Waals surface area (Å²) >= 11 is 0. The second kappa shape index (κ2) is 5.86. The molecule has 0 aliphatic rings. The number of carbonyl (C=O) groups excluding carboxylic acids is 1. The molecule has 81 valence electrons. The third kappa shape index (κ3) is 3.54. The van der Waals surface area contributed by atoms with Gasteiger partial charge in [-0.05, 0) is 31.4 Å². The van der Waals surface area contributed by atoms with Crippen LogP contribution in [0.2, 0.25) is 0 Å². The molecule has 1 radical (unpaired) electrons. The molecule has 0 saturated heterocycles. The Morgan fingerprint density at radius 1 is 1.57 bits per heavy atom. The maximum Gasteiger partial charge on any atom is 0.326 e. The van der Waals surface area contributed by atoms with Crippen molar-refractivity contribution in [3.05, 3.63) is 18.6 Å². The Morgan fingerprint density at radius 2 is 2.14 bits per heavy atom. The minimum atomic E-state index is -3.41. The molecule has 2 N–H and O–H groups in total. The van der Waals surface area contributed by atoms with Crippen LogP contribution in [0.5, 0.6) is 0 Å². The van der Waals surface area contributed by atoms with Gasteiger partial charge in [0, 0.05) is 6.42 Å². The second-order valence-electron chi connectivity index (χ2n) is 3.03. The topological polar surface area (TPSA) is 43.1 Å². The molecule has 2 nitrogen and oxygen atoms in total. The lowest BCUT2D eigenvalue weighted by Crippen LogP contribution is -2.30. The van der Waals surface area contributed by atoms with E-state index in [0.29, 0.717) is 19.4 Å². The average Bonchev–Trinajstić information content (AvgIpc) is 2.16. The molecule has 0 unspecified atom stereocenters. The van der Waals surface area contributed by atoms with E-state index < -0.39 is 11.7 Å². The monoisotopic (exact) mass is 204 g/mol. The van der Waals surface area contributed by atoms with Gasteiger partial charge in [0.25, 0.3) is 0 Å². The highest BCUT2D eigenvalue weighted by Gasteiger charge is 2.39. The summed E-state index contributed by atoms with van der Waals surface area (Å²) in [6, 6.07) is 0. The summed E-state index contributed by atoms with van der Waals surface area (Å²) in [6.45, 7) is 5.12. The van der Waals surface area contributed by atoms with Gasteiger partial charge in [0.1, 0.15) is 0 Å². The lowest BCUT2D eigenvalue weighted by atomic mass is 10.0. The Bertz CT molecular complexity index is 214. The Labute approximate surface area is 83.2 Å². The summed E-state index contributed by atoms with van der Waals surface area (Å²) in [5.74, 6) is -4.58. The number of alkyl halides is 2. The molecular formula is C10H16F2NO. The first-order chi connectivity index (χ1) is 6.46. The van der Waals surface area contributed by atoms with Gasteiger partial charge in [-0.1, -0.05) is 13.5 Å². The molecule has 0 atom stereocenters. The molecule has 0 aromatic rings. The zero-order chi connectivity index (χ0) is 11.2. The first-order valence-electron chi connectivity index (χ1n) is 4.60. The van der Waals surface area contributed by atoms with Crippen molar-refractivity contribution >= 4 is 5.78 Å². The minimum Gasteiger partial charge on any atom is -0.330 e. The molecule has 0 saturated carbocycles. The molecule has 0 fully saturated rings. The molecule has 0 aromatic carbocycles. The summed E-state index contributed by atoms with van der Waals surface area (Å²) in [5.41, 5.74) is 4.83. The zero-order valence-corrected chi connectivity index (χ0v) is 8.35. The number of carbonyl (C=O) groups is 1. The van der Waals surface area contributed by atoms with Gasteiger partial charge < -0.3 is 5.73 Å². The van der Waals surface area contributed by atoms with E-state index in [-0.39, 0.29) is 12.0 Å². The van der Waals surface area contributed by atoms with Crippen molar-refractivity contribution < 1.29 is 13.6 Å². The minimum absolute atomic E-state index is 0.101. The van der Waals surface area contributed by atoms with E-state index in [0.717, 1.165) is 6.42 Å². The van der Waals surface area contributed by atoms with Crippen molar-refractivity contribution in [2.24, 2.45) is 5.73 Å². The fraction of sp³-hybridized carbons (Fsp3) is 0.600. The average molecular weight is 204 g/mol. The molecule has 0 aliphatic heterocycles. The van der Waals surface area contributed by atoms with Crippen LogP contribution in [0, 0.1) is 6.42 Å². The van der Waals surface area contributed by atoms with Crippen molar-refractivity contribution in [1.29, 1.82) is 0 Å². The zero-order valence-electron chi connectivity index (χ0n) is 8.35. The quantitative estimate of drug-likeness (QED) is 0.509. The standard InChI is InChI=1S/C10H16F2NO/c1-3-8(2)10(11,12)9(14)6-4-5-7-13/h6H,2-5,7,13H2,1H3. The van der Waals surface area contributed by atoms with Gasteiger partial charge in [-0.3, -0.25) is 4.79 Å². The number of allylic oxidation sites excluding steroid dienone is 1. The third-order valence-corrected chi connectivity index (χ3v) is 1.92.